The molecule has 1 aromatic heterocycles. The molecule has 0 N–H and O–H groups in total. The zero-order valence-electron chi connectivity index (χ0n) is 10.1. The van der Waals surface area contributed by atoms with Crippen LogP contribution in [0.5, 0.6) is 5.75 Å². The summed E-state index contributed by atoms with van der Waals surface area (Å²) in [7, 11) is 0. The average molecular weight is 258 g/mol. The van der Waals surface area contributed by atoms with Gasteiger partial charge in [0, 0.05) is 24.0 Å². The van der Waals surface area contributed by atoms with Gasteiger partial charge in [0.25, 0.3) is 5.69 Å². The summed E-state index contributed by atoms with van der Waals surface area (Å²) in [6.07, 6.45) is 2.97. The van der Waals surface area contributed by atoms with E-state index >= 15 is 0 Å². The van der Waals surface area contributed by atoms with E-state index in [1.54, 1.807) is 6.92 Å². The molecule has 2 rings (SSSR count). The Balaban J connectivity index is 2.19. The summed E-state index contributed by atoms with van der Waals surface area (Å²) >= 11 is 0. The van der Waals surface area contributed by atoms with Gasteiger partial charge in [-0.25, -0.2) is 4.79 Å². The van der Waals surface area contributed by atoms with Crippen LogP contribution in [0.3, 0.4) is 0 Å². The number of benzene rings is 1. The topological polar surface area (TPSA) is 82.3 Å². The van der Waals surface area contributed by atoms with E-state index in [-0.39, 0.29) is 11.4 Å². The van der Waals surface area contributed by atoms with Crippen molar-refractivity contribution in [3.8, 4) is 5.75 Å². The SMILES string of the molecule is Cc1cc(OC(=O)c2ccncc2)ccc1[N+](=O)[O-]. The Bertz CT molecular complexity index is 626. The molecule has 2 aromatic rings. The second kappa shape index (κ2) is 5.26. The van der Waals surface area contributed by atoms with Crippen molar-refractivity contribution in [1.82, 2.24) is 4.98 Å². The Morgan fingerprint density at radius 3 is 2.53 bits per heavy atom. The maximum Gasteiger partial charge on any atom is 0.343 e. The Hall–Kier alpha value is -2.76. The van der Waals surface area contributed by atoms with Crippen LogP contribution < -0.4 is 4.74 Å². The zero-order chi connectivity index (χ0) is 13.8. The molecule has 0 radical (unpaired) electrons. The molecular weight excluding hydrogens is 248 g/mol. The van der Waals surface area contributed by atoms with Gasteiger partial charge in [0.1, 0.15) is 5.75 Å². The van der Waals surface area contributed by atoms with E-state index in [4.69, 9.17) is 4.74 Å². The summed E-state index contributed by atoms with van der Waals surface area (Å²) in [4.78, 5) is 25.7. The number of nitro groups is 1. The first-order valence-electron chi connectivity index (χ1n) is 5.45. The van der Waals surface area contributed by atoms with Crippen molar-refractivity contribution in [2.24, 2.45) is 0 Å². The van der Waals surface area contributed by atoms with Gasteiger partial charge in [-0.15, -0.1) is 0 Å². The van der Waals surface area contributed by atoms with Gasteiger partial charge in [0.2, 0.25) is 0 Å². The molecule has 0 unspecified atom stereocenters. The fourth-order valence-corrected chi connectivity index (χ4v) is 1.55. The molecule has 6 nitrogen and oxygen atoms in total. The lowest BCUT2D eigenvalue weighted by atomic mass is 10.2. The summed E-state index contributed by atoms with van der Waals surface area (Å²) in [5.74, 6) is -0.263. The second-order valence-electron chi connectivity index (χ2n) is 3.83. The number of carbonyl (C=O) groups is 1. The highest BCUT2D eigenvalue weighted by molar-refractivity contribution is 5.90. The standard InChI is InChI=1S/C13H10N2O4/c1-9-8-11(2-3-12(9)15(17)18)19-13(16)10-4-6-14-7-5-10/h2-8H,1H3. The number of carbonyl (C=O) groups excluding carboxylic acids is 1. The second-order valence-corrected chi connectivity index (χ2v) is 3.83. The van der Waals surface area contributed by atoms with Crippen LogP contribution in [-0.2, 0) is 0 Å². The van der Waals surface area contributed by atoms with Gasteiger partial charge < -0.3 is 4.74 Å². The molecular formula is C13H10N2O4. The average Bonchev–Trinajstić information content (AvgIpc) is 2.39. The van der Waals surface area contributed by atoms with Crippen LogP contribution in [0.4, 0.5) is 5.69 Å². The van der Waals surface area contributed by atoms with Crippen LogP contribution in [0, 0.1) is 17.0 Å². The minimum Gasteiger partial charge on any atom is -0.423 e. The molecule has 0 aliphatic carbocycles. The highest BCUT2D eigenvalue weighted by Crippen LogP contribution is 2.23. The first-order valence-corrected chi connectivity index (χ1v) is 5.45. The summed E-state index contributed by atoms with van der Waals surface area (Å²) in [5.41, 5.74) is 0.791. The number of hydrogen-bond acceptors (Lipinski definition) is 5. The van der Waals surface area contributed by atoms with Gasteiger partial charge in [-0.05, 0) is 31.2 Å². The molecule has 0 saturated carbocycles. The van der Waals surface area contributed by atoms with Crippen molar-refractivity contribution in [3.05, 3.63) is 64.0 Å². The summed E-state index contributed by atoms with van der Waals surface area (Å²) in [5, 5.41) is 10.7. The van der Waals surface area contributed by atoms with Gasteiger partial charge in [-0.2, -0.15) is 0 Å². The maximum absolute atomic E-state index is 11.8. The number of aryl methyl sites for hydroxylation is 1. The number of hydrogen-bond donors (Lipinski definition) is 0. The molecule has 0 spiro atoms. The lowest BCUT2D eigenvalue weighted by molar-refractivity contribution is -0.385. The van der Waals surface area contributed by atoms with Gasteiger partial charge in [0.05, 0.1) is 10.5 Å². The van der Waals surface area contributed by atoms with Crippen molar-refractivity contribution in [2.75, 3.05) is 0 Å². The van der Waals surface area contributed by atoms with Crippen molar-refractivity contribution in [2.45, 2.75) is 6.92 Å². The normalized spacial score (nSPS) is 9.95. The van der Waals surface area contributed by atoms with Crippen molar-refractivity contribution < 1.29 is 14.5 Å². The number of nitrogens with zero attached hydrogens (tertiary/aromatic N) is 2. The van der Waals surface area contributed by atoms with E-state index < -0.39 is 10.9 Å². The minimum absolute atomic E-state index is 0.0105. The van der Waals surface area contributed by atoms with Crippen molar-refractivity contribution >= 4 is 11.7 Å². The largest absolute Gasteiger partial charge is 0.423 e. The van der Waals surface area contributed by atoms with E-state index in [1.807, 2.05) is 0 Å². The smallest absolute Gasteiger partial charge is 0.343 e. The fourth-order valence-electron chi connectivity index (χ4n) is 1.55. The molecule has 0 saturated heterocycles. The Morgan fingerprint density at radius 2 is 1.95 bits per heavy atom. The maximum atomic E-state index is 11.8. The number of nitro benzene ring substituents is 1. The van der Waals surface area contributed by atoms with Crippen LogP contribution >= 0.6 is 0 Å². The highest BCUT2D eigenvalue weighted by Gasteiger charge is 2.13. The van der Waals surface area contributed by atoms with Crippen molar-refractivity contribution in [1.29, 1.82) is 0 Å². The van der Waals surface area contributed by atoms with Crippen LogP contribution in [0.2, 0.25) is 0 Å². The van der Waals surface area contributed by atoms with Crippen LogP contribution in [0.25, 0.3) is 0 Å². The van der Waals surface area contributed by atoms with E-state index in [0.29, 0.717) is 11.1 Å². The predicted molar refractivity (Wildman–Crippen MR) is 67.0 cm³/mol. The quantitative estimate of drug-likeness (QED) is 0.365. The van der Waals surface area contributed by atoms with E-state index in [0.717, 1.165) is 0 Å². The molecule has 0 atom stereocenters. The number of esters is 1. The van der Waals surface area contributed by atoms with E-state index in [2.05, 4.69) is 4.98 Å². The number of ether oxygens (including phenoxy) is 1. The first kappa shape index (κ1) is 12.7. The monoisotopic (exact) mass is 258 g/mol. The summed E-state index contributed by atoms with van der Waals surface area (Å²) < 4.78 is 5.13. The van der Waals surface area contributed by atoms with Gasteiger partial charge in [-0.1, -0.05) is 0 Å². The lowest BCUT2D eigenvalue weighted by Crippen LogP contribution is -2.08. The Labute approximate surface area is 108 Å². The van der Waals surface area contributed by atoms with Crippen LogP contribution in [0.1, 0.15) is 15.9 Å². The first-order chi connectivity index (χ1) is 9.08. The van der Waals surface area contributed by atoms with Gasteiger partial charge in [-0.3, -0.25) is 15.1 Å². The molecule has 0 aliphatic heterocycles. The van der Waals surface area contributed by atoms with Crippen LogP contribution in [-0.4, -0.2) is 15.9 Å². The van der Waals surface area contributed by atoms with Crippen molar-refractivity contribution in [3.63, 3.8) is 0 Å². The molecule has 1 heterocycles. The molecule has 0 amide bonds. The predicted octanol–water partition coefficient (Wildman–Crippen LogP) is 2.52. The third-order valence-corrected chi connectivity index (χ3v) is 2.49. The third kappa shape index (κ3) is 2.92. The minimum atomic E-state index is -0.532. The summed E-state index contributed by atoms with van der Waals surface area (Å²) in [6.45, 7) is 1.59. The number of rotatable bonds is 3. The van der Waals surface area contributed by atoms with Gasteiger partial charge in [0.15, 0.2) is 0 Å². The molecule has 0 fully saturated rings. The Morgan fingerprint density at radius 1 is 1.26 bits per heavy atom. The molecule has 19 heavy (non-hydrogen) atoms. The highest BCUT2D eigenvalue weighted by atomic mass is 16.6. The van der Waals surface area contributed by atoms with E-state index in [1.165, 1.54) is 42.7 Å². The van der Waals surface area contributed by atoms with Crippen LogP contribution in [0.15, 0.2) is 42.7 Å². The molecule has 0 aliphatic rings. The Kier molecular flexibility index (Phi) is 3.51. The molecule has 0 bridgehead atoms. The number of pyridine rings is 1. The zero-order valence-corrected chi connectivity index (χ0v) is 10.1. The third-order valence-electron chi connectivity index (χ3n) is 2.49. The molecule has 96 valence electrons. The van der Waals surface area contributed by atoms with E-state index in [9.17, 15) is 14.9 Å². The van der Waals surface area contributed by atoms with Gasteiger partial charge >= 0.3 is 5.97 Å². The summed E-state index contributed by atoms with van der Waals surface area (Å²) in [6, 6.07) is 7.22. The number of aromatic nitrogens is 1. The molecule has 1 aromatic carbocycles. The fraction of sp³-hybridized carbons (Fsp3) is 0.0769. The molecule has 6 heteroatoms. The lowest BCUT2D eigenvalue weighted by Gasteiger charge is -2.05.